The SMILES string of the molecule is N#CC1=CNC(CC(=O)Nc2ccccc2)C=C1. The van der Waals surface area contributed by atoms with Gasteiger partial charge in [-0.1, -0.05) is 24.3 Å². The molecule has 1 aromatic carbocycles. The van der Waals surface area contributed by atoms with E-state index in [1.807, 2.05) is 42.5 Å². The summed E-state index contributed by atoms with van der Waals surface area (Å²) >= 11 is 0. The lowest BCUT2D eigenvalue weighted by molar-refractivity contribution is -0.116. The Hall–Kier alpha value is -2.54. The highest BCUT2D eigenvalue weighted by Gasteiger charge is 2.12. The summed E-state index contributed by atoms with van der Waals surface area (Å²) in [4.78, 5) is 11.8. The van der Waals surface area contributed by atoms with E-state index in [0.717, 1.165) is 5.69 Å². The van der Waals surface area contributed by atoms with Gasteiger partial charge in [-0.2, -0.15) is 5.26 Å². The van der Waals surface area contributed by atoms with Gasteiger partial charge in [-0.25, -0.2) is 0 Å². The molecule has 0 radical (unpaired) electrons. The van der Waals surface area contributed by atoms with Crippen molar-refractivity contribution in [3.63, 3.8) is 0 Å². The number of nitrogens with one attached hydrogen (secondary N) is 2. The number of nitriles is 1. The second-order valence-corrected chi connectivity index (χ2v) is 3.96. The van der Waals surface area contributed by atoms with Crippen LogP contribution in [0.5, 0.6) is 0 Å². The Kier molecular flexibility index (Phi) is 3.77. The Morgan fingerprint density at radius 1 is 1.39 bits per heavy atom. The fourth-order valence-corrected chi connectivity index (χ4v) is 1.65. The molecule has 1 heterocycles. The van der Waals surface area contributed by atoms with Crippen molar-refractivity contribution in [3.05, 3.63) is 54.3 Å². The van der Waals surface area contributed by atoms with Crippen molar-refractivity contribution in [1.29, 1.82) is 5.26 Å². The number of dihydropyridines is 1. The summed E-state index contributed by atoms with van der Waals surface area (Å²) in [5, 5.41) is 14.5. The molecule has 4 heteroatoms. The van der Waals surface area contributed by atoms with E-state index in [9.17, 15) is 4.79 Å². The first-order chi connectivity index (χ1) is 8.78. The fourth-order valence-electron chi connectivity index (χ4n) is 1.65. The number of allylic oxidation sites excluding steroid dienone is 2. The molecule has 0 aromatic heterocycles. The number of carbonyl (C=O) groups excluding carboxylic acids is 1. The van der Waals surface area contributed by atoms with Gasteiger partial charge in [0.05, 0.1) is 18.0 Å². The van der Waals surface area contributed by atoms with Crippen LogP contribution in [-0.2, 0) is 4.79 Å². The predicted molar refractivity (Wildman–Crippen MR) is 69.4 cm³/mol. The lowest BCUT2D eigenvalue weighted by atomic mass is 10.1. The molecule has 0 saturated carbocycles. The quantitative estimate of drug-likeness (QED) is 0.847. The van der Waals surface area contributed by atoms with Gasteiger partial charge in [0.25, 0.3) is 0 Å². The number of anilines is 1. The summed E-state index contributed by atoms with van der Waals surface area (Å²) in [5.74, 6) is -0.0582. The number of carbonyl (C=O) groups is 1. The van der Waals surface area contributed by atoms with E-state index in [0.29, 0.717) is 12.0 Å². The van der Waals surface area contributed by atoms with Crippen LogP contribution in [0.25, 0.3) is 0 Å². The van der Waals surface area contributed by atoms with Crippen LogP contribution in [0.1, 0.15) is 6.42 Å². The van der Waals surface area contributed by atoms with Gasteiger partial charge in [-0.15, -0.1) is 0 Å². The highest BCUT2D eigenvalue weighted by Crippen LogP contribution is 2.09. The van der Waals surface area contributed by atoms with Gasteiger partial charge in [0, 0.05) is 11.9 Å². The molecule has 0 aliphatic carbocycles. The van der Waals surface area contributed by atoms with Crippen molar-refractivity contribution in [2.75, 3.05) is 5.32 Å². The molecule has 1 amide bonds. The molecule has 0 saturated heterocycles. The van der Waals surface area contributed by atoms with Gasteiger partial charge < -0.3 is 10.6 Å². The Bertz CT molecular complexity index is 526. The maximum atomic E-state index is 11.8. The number of rotatable bonds is 3. The molecule has 90 valence electrons. The fraction of sp³-hybridized carbons (Fsp3) is 0.143. The summed E-state index contributed by atoms with van der Waals surface area (Å²) in [6, 6.07) is 11.3. The lowest BCUT2D eigenvalue weighted by Crippen LogP contribution is -2.29. The van der Waals surface area contributed by atoms with E-state index in [-0.39, 0.29) is 11.9 Å². The summed E-state index contributed by atoms with van der Waals surface area (Å²) in [6.07, 6.45) is 5.50. The molecule has 0 bridgehead atoms. The summed E-state index contributed by atoms with van der Waals surface area (Å²) in [7, 11) is 0. The van der Waals surface area contributed by atoms with E-state index in [2.05, 4.69) is 10.6 Å². The monoisotopic (exact) mass is 239 g/mol. The first-order valence-electron chi connectivity index (χ1n) is 5.67. The van der Waals surface area contributed by atoms with Gasteiger partial charge in [0.15, 0.2) is 0 Å². The van der Waals surface area contributed by atoms with Gasteiger partial charge in [0.1, 0.15) is 6.07 Å². The molecule has 0 fully saturated rings. The maximum absolute atomic E-state index is 11.8. The number of amides is 1. The Morgan fingerprint density at radius 3 is 2.78 bits per heavy atom. The van der Waals surface area contributed by atoms with Crippen molar-refractivity contribution in [2.24, 2.45) is 0 Å². The molecule has 0 spiro atoms. The zero-order valence-corrected chi connectivity index (χ0v) is 9.76. The average molecular weight is 239 g/mol. The van der Waals surface area contributed by atoms with Crippen LogP contribution in [0.15, 0.2) is 54.3 Å². The molecule has 1 aromatic rings. The van der Waals surface area contributed by atoms with Crippen molar-refractivity contribution in [3.8, 4) is 6.07 Å². The third-order valence-corrected chi connectivity index (χ3v) is 2.55. The zero-order chi connectivity index (χ0) is 12.8. The van der Waals surface area contributed by atoms with E-state index < -0.39 is 0 Å². The second-order valence-electron chi connectivity index (χ2n) is 3.96. The van der Waals surface area contributed by atoms with Crippen LogP contribution in [-0.4, -0.2) is 11.9 Å². The highest BCUT2D eigenvalue weighted by atomic mass is 16.1. The molecule has 2 N–H and O–H groups in total. The van der Waals surface area contributed by atoms with E-state index in [1.54, 1.807) is 12.3 Å². The number of hydrogen-bond acceptors (Lipinski definition) is 3. The number of para-hydroxylation sites is 1. The van der Waals surface area contributed by atoms with Crippen LogP contribution >= 0.6 is 0 Å². The number of hydrogen-bond donors (Lipinski definition) is 2. The van der Waals surface area contributed by atoms with E-state index in [4.69, 9.17) is 5.26 Å². The molecule has 1 aliphatic heterocycles. The zero-order valence-electron chi connectivity index (χ0n) is 9.76. The predicted octanol–water partition coefficient (Wildman–Crippen LogP) is 1.95. The summed E-state index contributed by atoms with van der Waals surface area (Å²) in [6.45, 7) is 0. The van der Waals surface area contributed by atoms with Crippen molar-refractivity contribution < 1.29 is 4.79 Å². The average Bonchev–Trinajstić information content (AvgIpc) is 2.40. The smallest absolute Gasteiger partial charge is 0.226 e. The Morgan fingerprint density at radius 2 is 2.17 bits per heavy atom. The topological polar surface area (TPSA) is 64.9 Å². The van der Waals surface area contributed by atoms with Crippen LogP contribution in [0.3, 0.4) is 0 Å². The Balaban J connectivity index is 1.85. The molecular formula is C14H13N3O. The summed E-state index contributed by atoms with van der Waals surface area (Å²) in [5.41, 5.74) is 1.35. The van der Waals surface area contributed by atoms with Crippen molar-refractivity contribution in [2.45, 2.75) is 12.5 Å². The Labute approximate surface area is 106 Å². The molecule has 2 rings (SSSR count). The minimum Gasteiger partial charge on any atom is -0.383 e. The normalized spacial score (nSPS) is 17.3. The number of benzene rings is 1. The minimum absolute atomic E-state index is 0.0582. The second kappa shape index (κ2) is 5.69. The maximum Gasteiger partial charge on any atom is 0.226 e. The third kappa shape index (κ3) is 3.22. The number of nitrogens with zero attached hydrogens (tertiary/aromatic N) is 1. The van der Waals surface area contributed by atoms with Crippen LogP contribution in [0.2, 0.25) is 0 Å². The van der Waals surface area contributed by atoms with Crippen LogP contribution in [0, 0.1) is 11.3 Å². The van der Waals surface area contributed by atoms with Gasteiger partial charge in [-0.3, -0.25) is 4.79 Å². The molecule has 18 heavy (non-hydrogen) atoms. The van der Waals surface area contributed by atoms with E-state index in [1.165, 1.54) is 0 Å². The molecule has 1 atom stereocenters. The molecule has 1 aliphatic rings. The van der Waals surface area contributed by atoms with Crippen LogP contribution < -0.4 is 10.6 Å². The highest BCUT2D eigenvalue weighted by molar-refractivity contribution is 5.91. The first kappa shape index (κ1) is 11.9. The van der Waals surface area contributed by atoms with Crippen molar-refractivity contribution >= 4 is 11.6 Å². The summed E-state index contributed by atoms with van der Waals surface area (Å²) < 4.78 is 0. The van der Waals surface area contributed by atoms with Gasteiger partial charge >= 0.3 is 0 Å². The van der Waals surface area contributed by atoms with Crippen molar-refractivity contribution in [1.82, 2.24) is 5.32 Å². The lowest BCUT2D eigenvalue weighted by Gasteiger charge is -2.16. The largest absolute Gasteiger partial charge is 0.383 e. The molecular weight excluding hydrogens is 226 g/mol. The van der Waals surface area contributed by atoms with Crippen LogP contribution in [0.4, 0.5) is 5.69 Å². The third-order valence-electron chi connectivity index (χ3n) is 2.55. The van der Waals surface area contributed by atoms with Gasteiger partial charge in [-0.05, 0) is 18.2 Å². The van der Waals surface area contributed by atoms with E-state index >= 15 is 0 Å². The minimum atomic E-state index is -0.0641. The molecule has 4 nitrogen and oxygen atoms in total. The molecule has 1 unspecified atom stereocenters. The van der Waals surface area contributed by atoms with Gasteiger partial charge in [0.2, 0.25) is 5.91 Å². The first-order valence-corrected chi connectivity index (χ1v) is 5.67. The standard InChI is InChI=1S/C14H13N3O/c15-9-11-6-7-13(16-10-11)8-14(18)17-12-4-2-1-3-5-12/h1-7,10,13,16H,8H2,(H,17,18).